The maximum Gasteiger partial charge on any atom is 0.344 e. The molecule has 0 unspecified atom stereocenters. The molecule has 0 aliphatic rings. The van der Waals surface area contributed by atoms with Crippen molar-refractivity contribution in [2.24, 2.45) is 14.1 Å². The summed E-state index contributed by atoms with van der Waals surface area (Å²) in [6.45, 7) is -1.16. The van der Waals surface area contributed by atoms with E-state index >= 15 is 0 Å². The number of benzene rings is 1. The van der Waals surface area contributed by atoms with Gasteiger partial charge in [0.25, 0.3) is 21.5 Å². The average Bonchev–Trinajstić information content (AvgIpc) is 3.39. The normalized spacial score (nSPS) is 11.1. The third-order valence-electron chi connectivity index (χ3n) is 4.82. The Morgan fingerprint density at radius 3 is 2.37 bits per heavy atom. The molecular formula is C21H22N4O8S2. The van der Waals surface area contributed by atoms with Crippen molar-refractivity contribution < 1.29 is 27.5 Å². The zero-order valence-corrected chi connectivity index (χ0v) is 20.6. The molecule has 1 amide bonds. The van der Waals surface area contributed by atoms with Gasteiger partial charge in [0.2, 0.25) is 0 Å². The van der Waals surface area contributed by atoms with Gasteiger partial charge < -0.3 is 14.8 Å². The highest BCUT2D eigenvalue weighted by Gasteiger charge is 2.22. The molecular weight excluding hydrogens is 500 g/mol. The predicted octanol–water partition coefficient (Wildman–Crippen LogP) is 0.531. The Morgan fingerprint density at radius 1 is 1.06 bits per heavy atom. The number of carbonyl (C=O) groups is 2. The minimum Gasteiger partial charge on any atom is -0.482 e. The van der Waals surface area contributed by atoms with Crippen LogP contribution < -0.4 is 25.6 Å². The molecule has 3 aromatic rings. The summed E-state index contributed by atoms with van der Waals surface area (Å²) in [7, 11) is 0.431. The highest BCUT2D eigenvalue weighted by atomic mass is 32.2. The van der Waals surface area contributed by atoms with Gasteiger partial charge in [0.1, 0.15) is 15.8 Å². The van der Waals surface area contributed by atoms with E-state index in [1.807, 2.05) is 0 Å². The molecule has 0 atom stereocenters. The number of amides is 1. The van der Waals surface area contributed by atoms with Gasteiger partial charge >= 0.3 is 11.7 Å². The largest absolute Gasteiger partial charge is 0.482 e. The Bertz CT molecular complexity index is 1440. The van der Waals surface area contributed by atoms with Crippen molar-refractivity contribution in [3.05, 3.63) is 68.7 Å². The third kappa shape index (κ3) is 5.96. The lowest BCUT2D eigenvalue weighted by molar-refractivity contribution is -0.149. The molecule has 186 valence electrons. The number of ether oxygens (including phenoxy) is 2. The summed E-state index contributed by atoms with van der Waals surface area (Å²) in [6, 6.07) is 10.3. The van der Waals surface area contributed by atoms with Crippen LogP contribution in [0.5, 0.6) is 5.75 Å². The number of hydrogen-bond acceptors (Lipinski definition) is 9. The van der Waals surface area contributed by atoms with Crippen molar-refractivity contribution in [1.29, 1.82) is 0 Å². The topological polar surface area (TPSA) is 146 Å². The fourth-order valence-electron chi connectivity index (χ4n) is 2.80. The number of nitrogens with zero attached hydrogens (tertiary/aromatic N) is 3. The quantitative estimate of drug-likeness (QED) is 0.401. The zero-order valence-electron chi connectivity index (χ0n) is 19.0. The standard InChI is InChI=1S/C21H22N4O8S2/c1-23-16(11-18(27)24(2)21(23)29)22-17(26)12-33-19(28)13-32-15-8-6-14(7-9-15)25(3)35(30,31)20-5-4-10-34-20/h4-11H,12-13H2,1-3H3,(H,22,26). The maximum atomic E-state index is 12.6. The predicted molar refractivity (Wildman–Crippen MR) is 128 cm³/mol. The monoisotopic (exact) mass is 522 g/mol. The molecule has 0 saturated heterocycles. The van der Waals surface area contributed by atoms with Gasteiger partial charge in [-0.1, -0.05) is 6.07 Å². The summed E-state index contributed by atoms with van der Waals surface area (Å²) < 4.78 is 38.6. The fraction of sp³-hybridized carbons (Fsp3) is 0.238. The molecule has 2 heterocycles. The minimum atomic E-state index is -3.67. The lowest BCUT2D eigenvalue weighted by Crippen LogP contribution is -2.38. The molecule has 14 heteroatoms. The van der Waals surface area contributed by atoms with Crippen LogP contribution in [0.4, 0.5) is 11.5 Å². The highest BCUT2D eigenvalue weighted by Crippen LogP contribution is 2.26. The minimum absolute atomic E-state index is 0.0402. The number of carbonyl (C=O) groups excluding carboxylic acids is 2. The van der Waals surface area contributed by atoms with Crippen LogP contribution in [0.1, 0.15) is 0 Å². The van der Waals surface area contributed by atoms with Crippen molar-refractivity contribution >= 4 is 44.7 Å². The van der Waals surface area contributed by atoms with E-state index in [0.29, 0.717) is 5.69 Å². The van der Waals surface area contributed by atoms with Crippen molar-refractivity contribution in [2.45, 2.75) is 4.21 Å². The second-order valence-electron chi connectivity index (χ2n) is 7.16. The summed E-state index contributed by atoms with van der Waals surface area (Å²) in [4.78, 5) is 47.5. The number of hydrogen-bond donors (Lipinski definition) is 1. The number of anilines is 2. The van der Waals surface area contributed by atoms with E-state index in [2.05, 4.69) is 5.32 Å². The van der Waals surface area contributed by atoms with Crippen LogP contribution in [0.2, 0.25) is 0 Å². The highest BCUT2D eigenvalue weighted by molar-refractivity contribution is 7.94. The van der Waals surface area contributed by atoms with Crippen LogP contribution in [-0.4, -0.2) is 49.7 Å². The number of sulfonamides is 1. The van der Waals surface area contributed by atoms with Crippen molar-refractivity contribution in [3.63, 3.8) is 0 Å². The lowest BCUT2D eigenvalue weighted by atomic mass is 10.3. The number of thiophene rings is 1. The van der Waals surface area contributed by atoms with E-state index in [0.717, 1.165) is 30.8 Å². The molecule has 0 radical (unpaired) electrons. The number of esters is 1. The number of aromatic nitrogens is 2. The van der Waals surface area contributed by atoms with Gasteiger partial charge in [-0.2, -0.15) is 0 Å². The Balaban J connectivity index is 1.50. The van der Waals surface area contributed by atoms with E-state index in [1.165, 1.54) is 51.5 Å². The van der Waals surface area contributed by atoms with Crippen LogP contribution >= 0.6 is 11.3 Å². The van der Waals surface area contributed by atoms with Gasteiger partial charge in [-0.05, 0) is 35.7 Å². The Morgan fingerprint density at radius 2 is 1.74 bits per heavy atom. The maximum absolute atomic E-state index is 12.6. The van der Waals surface area contributed by atoms with Crippen molar-refractivity contribution in [1.82, 2.24) is 9.13 Å². The van der Waals surface area contributed by atoms with E-state index in [-0.39, 0.29) is 15.8 Å². The zero-order chi connectivity index (χ0) is 25.8. The number of rotatable bonds is 9. The van der Waals surface area contributed by atoms with Crippen molar-refractivity contribution in [2.75, 3.05) is 29.9 Å². The summed E-state index contributed by atoms with van der Waals surface area (Å²) in [6.07, 6.45) is 0. The molecule has 3 rings (SSSR count). The second-order valence-corrected chi connectivity index (χ2v) is 10.3. The van der Waals surface area contributed by atoms with Crippen LogP contribution in [-0.2, 0) is 38.4 Å². The van der Waals surface area contributed by atoms with Gasteiger partial charge in [-0.25, -0.2) is 18.0 Å². The molecule has 2 aromatic heterocycles. The molecule has 12 nitrogen and oxygen atoms in total. The first-order valence-electron chi connectivity index (χ1n) is 9.98. The third-order valence-corrected chi connectivity index (χ3v) is 7.98. The van der Waals surface area contributed by atoms with Crippen LogP contribution in [0, 0.1) is 0 Å². The summed E-state index contributed by atoms with van der Waals surface area (Å²) >= 11 is 1.11. The number of nitrogens with one attached hydrogen (secondary N) is 1. The molecule has 0 saturated carbocycles. The Labute approximate surface area is 204 Å². The van der Waals surface area contributed by atoms with Crippen LogP contribution in [0.3, 0.4) is 0 Å². The lowest BCUT2D eigenvalue weighted by Gasteiger charge is -2.18. The van der Waals surface area contributed by atoms with Gasteiger partial charge in [-0.15, -0.1) is 11.3 Å². The molecule has 35 heavy (non-hydrogen) atoms. The molecule has 0 spiro atoms. The molecule has 1 aromatic carbocycles. The molecule has 0 fully saturated rings. The molecule has 1 N–H and O–H groups in total. The summed E-state index contributed by atoms with van der Waals surface area (Å²) in [5.74, 6) is -1.34. The SMILES string of the molecule is CN(c1ccc(OCC(=O)OCC(=O)Nc2cc(=O)n(C)c(=O)n2C)cc1)S(=O)(=O)c1cccs1. The van der Waals surface area contributed by atoms with Crippen LogP contribution in [0.15, 0.2) is 61.6 Å². The van der Waals surface area contributed by atoms with E-state index < -0.39 is 46.4 Å². The molecule has 0 aliphatic carbocycles. The van der Waals surface area contributed by atoms with Gasteiger partial charge in [0.05, 0.1) is 5.69 Å². The van der Waals surface area contributed by atoms with Gasteiger partial charge in [0, 0.05) is 27.2 Å². The van der Waals surface area contributed by atoms with Gasteiger partial charge in [0.15, 0.2) is 13.2 Å². The Kier molecular flexibility index (Phi) is 7.76. The first-order valence-corrected chi connectivity index (χ1v) is 12.3. The first kappa shape index (κ1) is 25.7. The molecule has 0 bridgehead atoms. The fourth-order valence-corrected chi connectivity index (χ4v) is 5.15. The van der Waals surface area contributed by atoms with Crippen LogP contribution in [0.25, 0.3) is 0 Å². The van der Waals surface area contributed by atoms with E-state index in [4.69, 9.17) is 9.47 Å². The average molecular weight is 523 g/mol. The Hall–Kier alpha value is -3.91. The summed E-state index contributed by atoms with van der Waals surface area (Å²) in [5.41, 5.74) is -0.829. The van der Waals surface area contributed by atoms with E-state index in [9.17, 15) is 27.6 Å². The van der Waals surface area contributed by atoms with Crippen molar-refractivity contribution in [3.8, 4) is 5.75 Å². The summed E-state index contributed by atoms with van der Waals surface area (Å²) in [5, 5.41) is 4.00. The molecule has 0 aliphatic heterocycles. The van der Waals surface area contributed by atoms with E-state index in [1.54, 1.807) is 11.4 Å². The second kappa shape index (κ2) is 10.6. The first-order chi connectivity index (χ1) is 16.5. The smallest absolute Gasteiger partial charge is 0.344 e. The van der Waals surface area contributed by atoms with Gasteiger partial charge in [-0.3, -0.25) is 23.0 Å².